The van der Waals surface area contributed by atoms with Gasteiger partial charge in [-0.25, -0.2) is 13.9 Å². The van der Waals surface area contributed by atoms with E-state index < -0.39 is 0 Å². The highest BCUT2D eigenvalue weighted by atomic mass is 19.1. The summed E-state index contributed by atoms with van der Waals surface area (Å²) in [6, 6.07) is 12.4. The molecule has 0 bridgehead atoms. The summed E-state index contributed by atoms with van der Waals surface area (Å²) in [5, 5.41) is 17.0. The van der Waals surface area contributed by atoms with E-state index in [9.17, 15) is 4.39 Å². The fraction of sp³-hybridized carbons (Fsp3) is 0.308. The Morgan fingerprint density at radius 3 is 2.58 bits per heavy atom. The molecule has 0 radical (unpaired) electrons. The topological polar surface area (TPSA) is 89.3 Å². The van der Waals surface area contributed by atoms with Crippen LogP contribution in [-0.4, -0.2) is 54.6 Å². The zero-order chi connectivity index (χ0) is 24.6. The Bertz CT molecular complexity index is 1480. The van der Waals surface area contributed by atoms with E-state index in [4.69, 9.17) is 14.7 Å². The number of halogens is 1. The van der Waals surface area contributed by atoms with Gasteiger partial charge in [0.25, 0.3) is 0 Å². The van der Waals surface area contributed by atoms with Gasteiger partial charge in [-0.2, -0.15) is 10.2 Å². The molecule has 0 amide bonds. The van der Waals surface area contributed by atoms with E-state index in [0.29, 0.717) is 5.92 Å². The minimum Gasteiger partial charge on any atom is -0.372 e. The number of hydrogen-bond acceptors (Lipinski definition) is 7. The Labute approximate surface area is 207 Å². The molecule has 9 nitrogen and oxygen atoms in total. The predicted octanol–water partition coefficient (Wildman–Crippen LogP) is 4.35. The molecule has 0 saturated carbocycles. The molecule has 0 unspecified atom stereocenters. The zero-order valence-corrected chi connectivity index (χ0v) is 20.2. The molecule has 5 heterocycles. The summed E-state index contributed by atoms with van der Waals surface area (Å²) in [5.41, 5.74) is 6.33. The van der Waals surface area contributed by atoms with E-state index in [0.717, 1.165) is 77.8 Å². The summed E-state index contributed by atoms with van der Waals surface area (Å²) in [4.78, 5) is 6.93. The third-order valence-corrected chi connectivity index (χ3v) is 6.89. The van der Waals surface area contributed by atoms with E-state index in [-0.39, 0.29) is 5.82 Å². The van der Waals surface area contributed by atoms with Crippen molar-refractivity contribution in [2.45, 2.75) is 25.3 Å². The maximum Gasteiger partial charge on any atom is 0.156 e. The van der Waals surface area contributed by atoms with Crippen molar-refractivity contribution in [1.29, 1.82) is 0 Å². The normalized spacial score (nSPS) is 15.1. The number of fused-ring (bicyclic) bond motifs is 1. The van der Waals surface area contributed by atoms with Crippen molar-refractivity contribution < 1.29 is 8.91 Å². The van der Waals surface area contributed by atoms with Crippen LogP contribution in [0.4, 0.5) is 10.2 Å². The molecular formula is C26H27FN8O. The van der Waals surface area contributed by atoms with Crippen molar-refractivity contribution in [2.24, 2.45) is 7.05 Å². The van der Waals surface area contributed by atoms with Crippen LogP contribution in [0.5, 0.6) is 0 Å². The minimum atomic E-state index is -0.270. The maximum absolute atomic E-state index is 13.7. The molecule has 4 aromatic heterocycles. The van der Waals surface area contributed by atoms with E-state index >= 15 is 0 Å². The van der Waals surface area contributed by atoms with Gasteiger partial charge < -0.3 is 9.84 Å². The van der Waals surface area contributed by atoms with Crippen molar-refractivity contribution in [3.8, 4) is 22.5 Å². The van der Waals surface area contributed by atoms with E-state index in [1.165, 1.54) is 12.1 Å². The number of nitrogens with one attached hydrogen (secondary N) is 1. The first-order chi connectivity index (χ1) is 17.6. The number of rotatable bonds is 6. The first-order valence-corrected chi connectivity index (χ1v) is 12.1. The number of benzene rings is 1. The van der Waals surface area contributed by atoms with Crippen LogP contribution in [0.1, 0.15) is 30.1 Å². The number of nitrogens with zero attached hydrogens (tertiary/aromatic N) is 7. The summed E-state index contributed by atoms with van der Waals surface area (Å²) in [6.45, 7) is 2.69. The highest BCUT2D eigenvalue weighted by Gasteiger charge is 2.30. The Hall–Kier alpha value is -4.05. The molecule has 36 heavy (non-hydrogen) atoms. The smallest absolute Gasteiger partial charge is 0.156 e. The molecule has 1 aliphatic rings. The van der Waals surface area contributed by atoms with Crippen LogP contribution < -0.4 is 5.32 Å². The summed E-state index contributed by atoms with van der Waals surface area (Å²) >= 11 is 0. The summed E-state index contributed by atoms with van der Waals surface area (Å²) < 4.78 is 22.5. The Balaban J connectivity index is 1.39. The van der Waals surface area contributed by atoms with Gasteiger partial charge in [0.2, 0.25) is 0 Å². The van der Waals surface area contributed by atoms with E-state index in [1.807, 2.05) is 43.2 Å². The van der Waals surface area contributed by atoms with Gasteiger partial charge in [0.15, 0.2) is 5.65 Å². The highest BCUT2D eigenvalue weighted by Crippen LogP contribution is 2.40. The molecule has 10 heteroatoms. The molecule has 1 saturated heterocycles. The number of likely N-dealkylation sites (tertiary alicyclic amines) is 1. The maximum atomic E-state index is 13.7. The lowest BCUT2D eigenvalue weighted by atomic mass is 9.88. The lowest BCUT2D eigenvalue weighted by Gasteiger charge is -2.31. The van der Waals surface area contributed by atoms with Crippen LogP contribution in [0.25, 0.3) is 28.2 Å². The molecule has 6 rings (SSSR count). The average molecular weight is 487 g/mol. The summed E-state index contributed by atoms with van der Waals surface area (Å²) in [5.74, 6) is 0.797. The number of anilines is 1. The highest BCUT2D eigenvalue weighted by molar-refractivity contribution is 5.81. The van der Waals surface area contributed by atoms with Gasteiger partial charge in [0, 0.05) is 38.2 Å². The molecule has 1 N–H and O–H groups in total. The molecule has 5 aromatic rings. The number of imidazole rings is 1. The second-order valence-corrected chi connectivity index (χ2v) is 9.18. The Morgan fingerprint density at radius 2 is 1.86 bits per heavy atom. The van der Waals surface area contributed by atoms with Crippen LogP contribution in [0, 0.1) is 5.82 Å². The zero-order valence-electron chi connectivity index (χ0n) is 20.2. The van der Waals surface area contributed by atoms with Gasteiger partial charge in [0.1, 0.15) is 23.6 Å². The third kappa shape index (κ3) is 4.13. The number of aromatic nitrogens is 6. The Kier molecular flexibility index (Phi) is 5.73. The van der Waals surface area contributed by atoms with Crippen LogP contribution in [0.15, 0.2) is 59.4 Å². The van der Waals surface area contributed by atoms with Crippen molar-refractivity contribution in [3.05, 3.63) is 72.1 Å². The van der Waals surface area contributed by atoms with Crippen LogP contribution in [0.3, 0.4) is 0 Å². The van der Waals surface area contributed by atoms with E-state index in [1.54, 1.807) is 22.9 Å². The lowest BCUT2D eigenvalue weighted by Crippen LogP contribution is -2.33. The number of aryl methyl sites for hydroxylation is 1. The SMILES string of the molecule is CNc1cn2nc(-c3c(-c4ccc(F)cc4)nn(C)c3C3CCN(Cc4ccon4)CC3)ccc2n1. The van der Waals surface area contributed by atoms with Gasteiger partial charge in [0.05, 0.1) is 28.8 Å². The van der Waals surface area contributed by atoms with Crippen LogP contribution in [0.2, 0.25) is 0 Å². The third-order valence-electron chi connectivity index (χ3n) is 6.89. The molecule has 0 spiro atoms. The number of piperidine rings is 1. The molecule has 1 aliphatic heterocycles. The molecule has 1 fully saturated rings. The molecule has 0 atom stereocenters. The van der Waals surface area contributed by atoms with Crippen LogP contribution >= 0.6 is 0 Å². The van der Waals surface area contributed by atoms with Crippen molar-refractivity contribution in [1.82, 2.24) is 34.4 Å². The Morgan fingerprint density at radius 1 is 1.06 bits per heavy atom. The molecular weight excluding hydrogens is 459 g/mol. The largest absolute Gasteiger partial charge is 0.372 e. The van der Waals surface area contributed by atoms with Crippen molar-refractivity contribution >= 4 is 11.5 Å². The predicted molar refractivity (Wildman–Crippen MR) is 134 cm³/mol. The molecule has 1 aromatic carbocycles. The second kappa shape index (κ2) is 9.19. The van der Waals surface area contributed by atoms with Gasteiger partial charge in [-0.15, -0.1) is 0 Å². The fourth-order valence-electron chi connectivity index (χ4n) is 5.12. The monoisotopic (exact) mass is 486 g/mol. The summed E-state index contributed by atoms with van der Waals surface area (Å²) in [7, 11) is 3.83. The van der Waals surface area contributed by atoms with Gasteiger partial charge >= 0.3 is 0 Å². The minimum absolute atomic E-state index is 0.270. The molecule has 0 aliphatic carbocycles. The quantitative estimate of drug-likeness (QED) is 0.382. The standard InChI is InChI=1S/C26H27FN8O/c1-28-22-16-35-23(29-22)8-7-21(30-35)24-25(17-3-5-19(27)6-4-17)31-33(2)26(24)18-9-12-34(13-10-18)15-20-11-14-36-32-20/h3-8,11,14,16,18,28H,9-10,12-13,15H2,1-2H3. The summed E-state index contributed by atoms with van der Waals surface area (Å²) in [6.07, 6.45) is 5.47. The van der Waals surface area contributed by atoms with Crippen LogP contribution in [-0.2, 0) is 13.6 Å². The van der Waals surface area contributed by atoms with Gasteiger partial charge in [-0.1, -0.05) is 5.16 Å². The average Bonchev–Trinajstić information content (AvgIpc) is 3.63. The first-order valence-electron chi connectivity index (χ1n) is 12.1. The van der Waals surface area contributed by atoms with Gasteiger partial charge in [-0.05, 0) is 62.3 Å². The van der Waals surface area contributed by atoms with E-state index in [2.05, 4.69) is 20.4 Å². The fourth-order valence-corrected chi connectivity index (χ4v) is 5.12. The number of hydrogen-bond donors (Lipinski definition) is 1. The second-order valence-electron chi connectivity index (χ2n) is 9.18. The first kappa shape index (κ1) is 22.4. The van der Waals surface area contributed by atoms with Crippen molar-refractivity contribution in [2.75, 3.05) is 25.5 Å². The van der Waals surface area contributed by atoms with Crippen molar-refractivity contribution in [3.63, 3.8) is 0 Å². The van der Waals surface area contributed by atoms with Gasteiger partial charge in [-0.3, -0.25) is 9.58 Å². The lowest BCUT2D eigenvalue weighted by molar-refractivity contribution is 0.197. The molecule has 184 valence electrons.